The summed E-state index contributed by atoms with van der Waals surface area (Å²) in [6.07, 6.45) is 5.34. The van der Waals surface area contributed by atoms with Crippen molar-refractivity contribution in [2.75, 3.05) is 32.8 Å². The van der Waals surface area contributed by atoms with Gasteiger partial charge in [0.15, 0.2) is 0 Å². The lowest BCUT2D eigenvalue weighted by molar-refractivity contribution is -0.136. The Hall–Kier alpha value is -0.0700. The zero-order chi connectivity index (χ0) is 15.3. The number of nitrogens with one attached hydrogen (secondary N) is 1. The lowest BCUT2D eigenvalue weighted by Gasteiger charge is -2.39. The van der Waals surface area contributed by atoms with Gasteiger partial charge in [0.25, 0.3) is 0 Å². The highest BCUT2D eigenvalue weighted by Gasteiger charge is 2.38. The number of piperidine rings is 1. The van der Waals surface area contributed by atoms with Crippen LogP contribution in [0.1, 0.15) is 46.0 Å². The fraction of sp³-hybridized carbons (Fsp3) is 0.938. The second-order valence-corrected chi connectivity index (χ2v) is 6.74. The van der Waals surface area contributed by atoms with Crippen LogP contribution in [0.5, 0.6) is 0 Å². The first-order valence-electron chi connectivity index (χ1n) is 8.41. The Morgan fingerprint density at radius 3 is 2.57 bits per heavy atom. The van der Waals surface area contributed by atoms with Crippen LogP contribution in [0.4, 0.5) is 0 Å². The maximum Gasteiger partial charge on any atom is 0.227 e. The molecular weight excluding hydrogens is 337 g/mol. The first kappa shape index (κ1) is 22.9. The Balaban J connectivity index is 0.00000242. The highest BCUT2D eigenvalue weighted by molar-refractivity contribution is 5.85. The number of carbonyl (C=O) groups excluding carboxylic acids is 1. The number of nitrogens with two attached hydrogens (primary N) is 1. The molecule has 7 heteroatoms. The average molecular weight is 370 g/mol. The van der Waals surface area contributed by atoms with Gasteiger partial charge in [-0.05, 0) is 46.1 Å². The molecule has 0 saturated carbocycles. The van der Waals surface area contributed by atoms with Crippen LogP contribution in [0, 0.1) is 5.41 Å². The normalized spacial score (nSPS) is 25.6. The van der Waals surface area contributed by atoms with E-state index >= 15 is 0 Å². The average Bonchev–Trinajstić information content (AvgIpc) is 2.53. The van der Waals surface area contributed by atoms with Crippen LogP contribution in [-0.2, 0) is 9.53 Å². The molecule has 0 radical (unpaired) electrons. The van der Waals surface area contributed by atoms with Crippen LogP contribution < -0.4 is 11.1 Å². The molecule has 2 atom stereocenters. The van der Waals surface area contributed by atoms with Gasteiger partial charge in [0, 0.05) is 38.4 Å². The van der Waals surface area contributed by atoms with Crippen molar-refractivity contribution in [2.24, 2.45) is 11.1 Å². The largest absolute Gasteiger partial charge is 0.381 e. The van der Waals surface area contributed by atoms with E-state index in [9.17, 15) is 4.79 Å². The molecule has 0 aliphatic carbocycles. The quantitative estimate of drug-likeness (QED) is 0.777. The van der Waals surface area contributed by atoms with Crippen LogP contribution >= 0.6 is 24.8 Å². The van der Waals surface area contributed by atoms with Crippen LogP contribution in [0.2, 0.25) is 0 Å². The first-order chi connectivity index (χ1) is 10.1. The van der Waals surface area contributed by atoms with Crippen LogP contribution in [0.3, 0.4) is 0 Å². The molecule has 5 nitrogen and oxygen atoms in total. The van der Waals surface area contributed by atoms with Crippen molar-refractivity contribution in [2.45, 2.75) is 58.0 Å². The topological polar surface area (TPSA) is 67.6 Å². The maximum atomic E-state index is 12.6. The Morgan fingerprint density at radius 1 is 1.35 bits per heavy atom. The van der Waals surface area contributed by atoms with Crippen LogP contribution in [0.25, 0.3) is 0 Å². The number of likely N-dealkylation sites (tertiary alicyclic amines) is 1. The summed E-state index contributed by atoms with van der Waals surface area (Å²) in [5.74, 6) is 0.116. The zero-order valence-electron chi connectivity index (χ0n) is 14.4. The summed E-state index contributed by atoms with van der Waals surface area (Å²) in [7, 11) is 0. The summed E-state index contributed by atoms with van der Waals surface area (Å²) < 4.78 is 5.37. The van der Waals surface area contributed by atoms with Crippen molar-refractivity contribution in [1.29, 1.82) is 0 Å². The highest BCUT2D eigenvalue weighted by atomic mass is 35.5. The van der Waals surface area contributed by atoms with E-state index in [0.717, 1.165) is 19.4 Å². The van der Waals surface area contributed by atoms with E-state index in [1.54, 1.807) is 0 Å². The summed E-state index contributed by atoms with van der Waals surface area (Å²) in [6, 6.07) is 1.01. The molecule has 0 aromatic carbocycles. The number of carbonyl (C=O) groups is 1. The zero-order valence-corrected chi connectivity index (χ0v) is 16.0. The molecule has 2 aliphatic rings. The summed E-state index contributed by atoms with van der Waals surface area (Å²) >= 11 is 0. The Labute approximate surface area is 152 Å². The number of nitrogens with zero attached hydrogens (tertiary/aromatic N) is 1. The van der Waals surface area contributed by atoms with Crippen molar-refractivity contribution in [3.8, 4) is 0 Å². The van der Waals surface area contributed by atoms with E-state index in [0.29, 0.717) is 38.4 Å². The summed E-state index contributed by atoms with van der Waals surface area (Å²) in [6.45, 7) is 8.06. The van der Waals surface area contributed by atoms with Gasteiger partial charge in [0.05, 0.1) is 5.41 Å². The first-order valence-corrected chi connectivity index (χ1v) is 8.41. The number of amides is 1. The maximum absolute atomic E-state index is 12.6. The summed E-state index contributed by atoms with van der Waals surface area (Å²) in [5.41, 5.74) is 5.47. The van der Waals surface area contributed by atoms with E-state index in [1.807, 2.05) is 0 Å². The second-order valence-electron chi connectivity index (χ2n) is 6.74. The molecular formula is C16H33Cl2N3O2. The molecule has 23 heavy (non-hydrogen) atoms. The van der Waals surface area contributed by atoms with Crippen molar-refractivity contribution >= 4 is 30.7 Å². The lowest BCUT2D eigenvalue weighted by atomic mass is 9.79. The molecule has 1 amide bonds. The summed E-state index contributed by atoms with van der Waals surface area (Å²) in [4.78, 5) is 15.1. The van der Waals surface area contributed by atoms with E-state index in [1.165, 1.54) is 19.3 Å². The smallest absolute Gasteiger partial charge is 0.227 e. The minimum Gasteiger partial charge on any atom is -0.381 e. The van der Waals surface area contributed by atoms with E-state index in [2.05, 4.69) is 24.1 Å². The van der Waals surface area contributed by atoms with Crippen LogP contribution in [0.15, 0.2) is 0 Å². The molecule has 2 rings (SSSR count). The SMILES string of the molecule is CC1CCCCN1C(C)CNC(=O)C1(CN)CCOCC1.Cl.Cl. The number of halogens is 2. The van der Waals surface area contributed by atoms with Crippen LogP contribution in [-0.4, -0.2) is 55.7 Å². The van der Waals surface area contributed by atoms with E-state index < -0.39 is 5.41 Å². The van der Waals surface area contributed by atoms with Crippen molar-refractivity contribution in [3.63, 3.8) is 0 Å². The van der Waals surface area contributed by atoms with Gasteiger partial charge >= 0.3 is 0 Å². The fourth-order valence-electron chi connectivity index (χ4n) is 3.61. The number of hydrogen-bond donors (Lipinski definition) is 2. The minimum atomic E-state index is -0.411. The van der Waals surface area contributed by atoms with Gasteiger partial charge in [-0.3, -0.25) is 9.69 Å². The highest BCUT2D eigenvalue weighted by Crippen LogP contribution is 2.29. The molecule has 0 spiro atoms. The number of ether oxygens (including phenoxy) is 1. The molecule has 3 N–H and O–H groups in total. The fourth-order valence-corrected chi connectivity index (χ4v) is 3.61. The molecule has 0 bridgehead atoms. The summed E-state index contributed by atoms with van der Waals surface area (Å²) in [5, 5.41) is 3.15. The van der Waals surface area contributed by atoms with Gasteiger partial charge in [0.2, 0.25) is 5.91 Å². The van der Waals surface area contributed by atoms with Crippen molar-refractivity contribution in [3.05, 3.63) is 0 Å². The monoisotopic (exact) mass is 369 g/mol. The third-order valence-electron chi connectivity index (χ3n) is 5.30. The molecule has 2 fully saturated rings. The predicted octanol–water partition coefficient (Wildman–Crippen LogP) is 1.96. The number of rotatable bonds is 5. The second kappa shape index (κ2) is 10.7. The van der Waals surface area contributed by atoms with Gasteiger partial charge < -0.3 is 15.8 Å². The van der Waals surface area contributed by atoms with Gasteiger partial charge in [-0.15, -0.1) is 24.8 Å². The Bertz CT molecular complexity index is 352. The van der Waals surface area contributed by atoms with Gasteiger partial charge in [-0.2, -0.15) is 0 Å². The molecule has 2 unspecified atom stereocenters. The molecule has 0 aromatic rings. The lowest BCUT2D eigenvalue weighted by Crippen LogP contribution is -2.53. The van der Waals surface area contributed by atoms with Crippen molar-refractivity contribution in [1.82, 2.24) is 10.2 Å². The Morgan fingerprint density at radius 2 is 2.00 bits per heavy atom. The third kappa shape index (κ3) is 5.75. The molecule has 138 valence electrons. The van der Waals surface area contributed by atoms with Gasteiger partial charge in [-0.25, -0.2) is 0 Å². The third-order valence-corrected chi connectivity index (χ3v) is 5.30. The minimum absolute atomic E-state index is 0. The molecule has 0 aromatic heterocycles. The molecule has 2 aliphatic heterocycles. The molecule has 2 heterocycles. The Kier molecular flexibility index (Phi) is 10.7. The predicted molar refractivity (Wildman–Crippen MR) is 98.5 cm³/mol. The van der Waals surface area contributed by atoms with Gasteiger partial charge in [-0.1, -0.05) is 6.42 Å². The van der Waals surface area contributed by atoms with Crippen molar-refractivity contribution < 1.29 is 9.53 Å². The van der Waals surface area contributed by atoms with Gasteiger partial charge in [0.1, 0.15) is 0 Å². The standard InChI is InChI=1S/C16H31N3O2.2ClH/c1-13-5-3-4-8-19(13)14(2)11-18-15(20)16(12-17)6-9-21-10-7-16;;/h13-14H,3-12,17H2,1-2H3,(H,18,20);2*1H. The number of hydrogen-bond acceptors (Lipinski definition) is 4. The van der Waals surface area contributed by atoms with E-state index in [-0.39, 0.29) is 30.7 Å². The van der Waals surface area contributed by atoms with E-state index in [4.69, 9.17) is 10.5 Å². The molecule has 2 saturated heterocycles.